The summed E-state index contributed by atoms with van der Waals surface area (Å²) in [6, 6.07) is 11.4. The Bertz CT molecular complexity index is 2020. The van der Waals surface area contributed by atoms with Gasteiger partial charge in [-0.25, -0.2) is 0 Å². The molecule has 3 aliphatic carbocycles. The van der Waals surface area contributed by atoms with Crippen molar-refractivity contribution in [1.82, 2.24) is 5.32 Å². The SMILES string of the molecule is CC#Cc1ccc(-c2ccc(C(=O)[C@H]3CC[C@@H]4C[C@@]35C[C@@H]([C@H](O)CO)[C@](CCCCC)(CC#Cc3c(cc(O)cc3NC[C@H](C)O)C[C@@H]4NC(N)=NC)C5)s2)s1. The molecule has 0 saturated heterocycles. The first-order valence-electron chi connectivity index (χ1n) is 20.2. The van der Waals surface area contributed by atoms with Gasteiger partial charge >= 0.3 is 0 Å². The number of ketones is 1. The number of aliphatic imine (C=N–C) groups is 1. The summed E-state index contributed by atoms with van der Waals surface area (Å²) in [4.78, 5) is 23.2. The molecule has 8 atom stereocenters. The summed E-state index contributed by atoms with van der Waals surface area (Å²) in [6.45, 7) is 5.66. The van der Waals surface area contributed by atoms with Crippen molar-refractivity contribution in [3.8, 4) is 39.2 Å². The highest BCUT2D eigenvalue weighted by Gasteiger charge is 2.61. The van der Waals surface area contributed by atoms with E-state index in [2.05, 4.69) is 58.4 Å². The number of aliphatic hydroxyl groups excluding tert-OH is 3. The molecule has 2 heterocycles. The Kier molecular flexibility index (Phi) is 13.6. The minimum absolute atomic E-state index is 0.0808. The summed E-state index contributed by atoms with van der Waals surface area (Å²) in [5.74, 6) is 13.3. The molecule has 0 radical (unpaired) electrons. The highest BCUT2D eigenvalue weighted by Crippen LogP contribution is 2.66. The quantitative estimate of drug-likeness (QED) is 0.0316. The molecule has 6 rings (SSSR count). The molecule has 2 saturated carbocycles. The van der Waals surface area contributed by atoms with Crippen molar-refractivity contribution in [3.63, 3.8) is 0 Å². The van der Waals surface area contributed by atoms with Crippen LogP contribution < -0.4 is 16.4 Å². The van der Waals surface area contributed by atoms with E-state index in [1.807, 2.05) is 19.1 Å². The van der Waals surface area contributed by atoms with Crippen molar-refractivity contribution in [3.05, 3.63) is 57.3 Å². The van der Waals surface area contributed by atoms with Gasteiger partial charge in [-0.2, -0.15) is 0 Å². The number of fused-ring (bicyclic) bond motifs is 3. The van der Waals surface area contributed by atoms with E-state index in [9.17, 15) is 20.4 Å². The van der Waals surface area contributed by atoms with E-state index in [0.29, 0.717) is 37.3 Å². The van der Waals surface area contributed by atoms with E-state index < -0.39 is 23.0 Å². The number of aliphatic hydroxyl groups is 3. The zero-order chi connectivity index (χ0) is 40.0. The number of rotatable bonds is 13. The van der Waals surface area contributed by atoms with Gasteiger partial charge in [0.1, 0.15) is 5.75 Å². The Hall–Kier alpha value is -3.84. The number of anilines is 1. The van der Waals surface area contributed by atoms with Crippen molar-refractivity contribution in [2.75, 3.05) is 25.5 Å². The van der Waals surface area contributed by atoms with Gasteiger partial charge < -0.3 is 36.8 Å². The van der Waals surface area contributed by atoms with E-state index in [1.165, 1.54) is 0 Å². The number of nitrogens with two attached hydrogens (primary N) is 1. The van der Waals surface area contributed by atoms with Gasteiger partial charge in [0.15, 0.2) is 11.7 Å². The number of guanidine groups is 1. The van der Waals surface area contributed by atoms with E-state index >= 15 is 4.79 Å². The second-order valence-corrected chi connectivity index (χ2v) is 18.5. The van der Waals surface area contributed by atoms with Crippen molar-refractivity contribution in [2.45, 2.75) is 110 Å². The van der Waals surface area contributed by atoms with Gasteiger partial charge in [-0.1, -0.05) is 43.9 Å². The maximum absolute atomic E-state index is 15.0. The standard InChI is InChI=1S/C45H58N4O5S2/c1-5-7-8-18-44-19-9-11-33-30(20-31(52)22-37(33)48-25-28(3)51)21-36(49-43(46)47-4)29-12-14-34(45(23-29,27-44)24-35(44)38(53)26-50)42(54)41-17-16-40(56-41)39-15-13-32(55-39)10-6-2/h13,15-17,20,22,28-29,34-36,38,48,50-53H,5,7-8,12,14,18-19,21,23-27H2,1-4H3,(H3,46,47,49)/t28-,29+,34+,35-,36-,38+,44+,45-/m0/s1. The third-order valence-corrected chi connectivity index (χ3v) is 14.9. The zero-order valence-electron chi connectivity index (χ0n) is 33.2. The predicted molar refractivity (Wildman–Crippen MR) is 228 cm³/mol. The summed E-state index contributed by atoms with van der Waals surface area (Å²) in [6.07, 6.45) is 6.87. The van der Waals surface area contributed by atoms with Crippen LogP contribution in [0.1, 0.15) is 111 Å². The molecule has 2 fully saturated rings. The molecule has 8 N–H and O–H groups in total. The fourth-order valence-electron chi connectivity index (χ4n) is 10.1. The fraction of sp³-hybridized carbons (Fsp3) is 0.556. The van der Waals surface area contributed by atoms with Crippen molar-refractivity contribution >= 4 is 40.1 Å². The van der Waals surface area contributed by atoms with Gasteiger partial charge in [0.25, 0.3) is 0 Å². The number of unbranched alkanes of at least 4 members (excludes halogenated alkanes) is 2. The molecule has 56 heavy (non-hydrogen) atoms. The van der Waals surface area contributed by atoms with Crippen LogP contribution in [0.3, 0.4) is 0 Å². The molecule has 0 unspecified atom stereocenters. The van der Waals surface area contributed by atoms with Gasteiger partial charge in [0, 0.05) is 47.8 Å². The van der Waals surface area contributed by atoms with Crippen LogP contribution in [0.25, 0.3) is 9.75 Å². The summed E-state index contributed by atoms with van der Waals surface area (Å²) >= 11 is 3.18. The number of carbonyl (C=O) groups is 1. The molecule has 3 bridgehead atoms. The molecular weight excluding hydrogens is 741 g/mol. The minimum Gasteiger partial charge on any atom is -0.508 e. The van der Waals surface area contributed by atoms with Crippen LogP contribution in [-0.4, -0.2) is 70.6 Å². The van der Waals surface area contributed by atoms with Gasteiger partial charge in [-0.15, -0.1) is 28.6 Å². The normalized spacial score (nSPS) is 26.9. The van der Waals surface area contributed by atoms with Gasteiger partial charge in [0.05, 0.1) is 39.8 Å². The molecule has 3 aliphatic rings. The van der Waals surface area contributed by atoms with Crippen LogP contribution >= 0.6 is 22.7 Å². The van der Waals surface area contributed by atoms with Crippen LogP contribution in [0.2, 0.25) is 0 Å². The monoisotopic (exact) mass is 798 g/mol. The number of Topliss-reactive ketones (excluding diaryl/α,β-unsaturated/α-hetero) is 1. The Morgan fingerprint density at radius 3 is 2.64 bits per heavy atom. The molecule has 0 aliphatic heterocycles. The Labute approximate surface area is 340 Å². The van der Waals surface area contributed by atoms with E-state index in [-0.39, 0.29) is 48.5 Å². The molecular formula is C45H58N4O5S2. The number of phenols is 1. The zero-order valence-corrected chi connectivity index (χ0v) is 34.8. The second kappa shape index (κ2) is 18.2. The third kappa shape index (κ3) is 8.98. The van der Waals surface area contributed by atoms with Crippen LogP contribution in [0.5, 0.6) is 5.75 Å². The van der Waals surface area contributed by atoms with Gasteiger partial charge in [-0.05, 0) is 117 Å². The van der Waals surface area contributed by atoms with Crippen LogP contribution in [0.4, 0.5) is 5.69 Å². The predicted octanol–water partition coefficient (Wildman–Crippen LogP) is 7.16. The lowest BCUT2D eigenvalue weighted by molar-refractivity contribution is -0.00541. The van der Waals surface area contributed by atoms with E-state index in [0.717, 1.165) is 75.6 Å². The van der Waals surface area contributed by atoms with Crippen LogP contribution in [0, 0.1) is 52.3 Å². The first kappa shape index (κ1) is 41.8. The molecule has 300 valence electrons. The molecule has 9 nitrogen and oxygen atoms in total. The number of phenolic OH excluding ortho intramolecular Hbond substituents is 1. The minimum atomic E-state index is -0.948. The van der Waals surface area contributed by atoms with Crippen molar-refractivity contribution in [2.24, 2.45) is 39.3 Å². The number of carbonyl (C=O) groups excluding carboxylic acids is 1. The lowest BCUT2D eigenvalue weighted by atomic mass is 9.57. The first-order chi connectivity index (χ1) is 26.9. The molecule has 1 aromatic carbocycles. The van der Waals surface area contributed by atoms with Gasteiger partial charge in [0.2, 0.25) is 0 Å². The fourth-order valence-corrected chi connectivity index (χ4v) is 12.1. The number of thiophene rings is 2. The van der Waals surface area contributed by atoms with Gasteiger partial charge in [-0.3, -0.25) is 9.79 Å². The Balaban J connectivity index is 1.48. The summed E-state index contributed by atoms with van der Waals surface area (Å²) in [5, 5.41) is 50.3. The number of hydrogen-bond donors (Lipinski definition) is 7. The third-order valence-electron chi connectivity index (χ3n) is 12.6. The number of nitrogens with zero attached hydrogens (tertiary/aromatic N) is 1. The highest BCUT2D eigenvalue weighted by molar-refractivity contribution is 7.23. The number of benzene rings is 1. The summed E-state index contributed by atoms with van der Waals surface area (Å²) in [5.41, 5.74) is 7.79. The average Bonchev–Trinajstić information content (AvgIpc) is 3.93. The Morgan fingerprint density at radius 1 is 1.12 bits per heavy atom. The second-order valence-electron chi connectivity index (χ2n) is 16.4. The molecule has 3 aromatic rings. The highest BCUT2D eigenvalue weighted by atomic mass is 32.1. The number of nitrogens with one attached hydrogen (secondary N) is 2. The largest absolute Gasteiger partial charge is 0.508 e. The molecule has 2 aromatic heterocycles. The maximum atomic E-state index is 15.0. The molecule has 11 heteroatoms. The van der Waals surface area contributed by atoms with Crippen LogP contribution in [0.15, 0.2) is 41.4 Å². The maximum Gasteiger partial charge on any atom is 0.188 e. The smallest absolute Gasteiger partial charge is 0.188 e. The van der Waals surface area contributed by atoms with Crippen molar-refractivity contribution < 1.29 is 25.2 Å². The lowest BCUT2D eigenvalue weighted by Crippen LogP contribution is -2.50. The summed E-state index contributed by atoms with van der Waals surface area (Å²) in [7, 11) is 1.66. The lowest BCUT2D eigenvalue weighted by Gasteiger charge is -2.47. The molecule has 1 spiro atoms. The number of aromatic hydroxyl groups is 1. The number of hydrogen-bond acceptors (Lipinski definition) is 9. The van der Waals surface area contributed by atoms with E-state index in [4.69, 9.17) is 5.73 Å². The topological polar surface area (TPSA) is 160 Å². The van der Waals surface area contributed by atoms with Crippen molar-refractivity contribution in [1.29, 1.82) is 0 Å². The molecule has 0 amide bonds. The average molecular weight is 799 g/mol. The van der Waals surface area contributed by atoms with E-state index in [1.54, 1.807) is 48.8 Å². The van der Waals surface area contributed by atoms with Crippen LogP contribution in [-0.2, 0) is 6.42 Å². The first-order valence-corrected chi connectivity index (χ1v) is 21.8. The summed E-state index contributed by atoms with van der Waals surface area (Å²) < 4.78 is 0. The Morgan fingerprint density at radius 2 is 1.91 bits per heavy atom.